The highest BCUT2D eigenvalue weighted by molar-refractivity contribution is 5.86. The second kappa shape index (κ2) is 5.32. The molecule has 0 aromatic heterocycles. The fourth-order valence-electron chi connectivity index (χ4n) is 2.30. The number of fused-ring (bicyclic) bond motifs is 1. The number of benzene rings is 2. The standard InChI is InChI=1S/C17H23NO/c1-12(18-13(2)17(3,4)19)15-11-7-9-14-8-5-6-10-16(14)15/h5-13,18-19H,1-4H3. The smallest absolute Gasteiger partial charge is 0.0741 e. The lowest BCUT2D eigenvalue weighted by molar-refractivity contribution is 0.0406. The van der Waals surface area contributed by atoms with E-state index in [2.05, 4.69) is 54.7 Å². The molecule has 0 aliphatic heterocycles. The molecule has 0 bridgehead atoms. The van der Waals surface area contributed by atoms with Gasteiger partial charge in [-0.1, -0.05) is 42.5 Å². The number of hydrogen-bond acceptors (Lipinski definition) is 2. The van der Waals surface area contributed by atoms with Crippen LogP contribution in [-0.2, 0) is 0 Å². The first-order valence-electron chi connectivity index (χ1n) is 6.85. The van der Waals surface area contributed by atoms with Crippen molar-refractivity contribution in [2.24, 2.45) is 0 Å². The summed E-state index contributed by atoms with van der Waals surface area (Å²) < 4.78 is 0. The maximum absolute atomic E-state index is 10.0. The van der Waals surface area contributed by atoms with Gasteiger partial charge in [-0.2, -0.15) is 0 Å². The lowest BCUT2D eigenvalue weighted by Crippen LogP contribution is -2.45. The fraction of sp³-hybridized carbons (Fsp3) is 0.412. The Labute approximate surface area is 115 Å². The Balaban J connectivity index is 2.29. The van der Waals surface area contributed by atoms with E-state index >= 15 is 0 Å². The average molecular weight is 257 g/mol. The van der Waals surface area contributed by atoms with Crippen molar-refractivity contribution in [1.29, 1.82) is 0 Å². The maximum atomic E-state index is 10.0. The van der Waals surface area contributed by atoms with Crippen molar-refractivity contribution in [3.63, 3.8) is 0 Å². The summed E-state index contributed by atoms with van der Waals surface area (Å²) in [6.07, 6.45) is 0. The van der Waals surface area contributed by atoms with E-state index in [1.165, 1.54) is 16.3 Å². The minimum Gasteiger partial charge on any atom is -0.389 e. The van der Waals surface area contributed by atoms with Crippen molar-refractivity contribution >= 4 is 10.8 Å². The van der Waals surface area contributed by atoms with Crippen LogP contribution in [0.4, 0.5) is 0 Å². The molecule has 102 valence electrons. The van der Waals surface area contributed by atoms with E-state index in [1.54, 1.807) is 0 Å². The second-order valence-electron chi connectivity index (χ2n) is 5.83. The summed E-state index contributed by atoms with van der Waals surface area (Å²) in [7, 11) is 0. The molecule has 2 nitrogen and oxygen atoms in total. The molecule has 0 aliphatic rings. The Bertz CT molecular complexity index is 551. The Kier molecular flexibility index (Phi) is 3.93. The molecule has 2 N–H and O–H groups in total. The molecule has 2 heteroatoms. The molecule has 0 spiro atoms. The van der Waals surface area contributed by atoms with Crippen LogP contribution in [0.1, 0.15) is 39.3 Å². The molecule has 2 rings (SSSR count). The van der Waals surface area contributed by atoms with Crippen molar-refractivity contribution in [1.82, 2.24) is 5.32 Å². The first-order chi connectivity index (χ1) is 8.89. The second-order valence-corrected chi connectivity index (χ2v) is 5.83. The minimum atomic E-state index is -0.723. The Morgan fingerprint density at radius 2 is 1.63 bits per heavy atom. The highest BCUT2D eigenvalue weighted by Crippen LogP contribution is 2.25. The largest absolute Gasteiger partial charge is 0.389 e. The summed E-state index contributed by atoms with van der Waals surface area (Å²) >= 11 is 0. The highest BCUT2D eigenvalue weighted by Gasteiger charge is 2.24. The van der Waals surface area contributed by atoms with Crippen LogP contribution in [0.5, 0.6) is 0 Å². The van der Waals surface area contributed by atoms with Crippen LogP contribution < -0.4 is 5.32 Å². The molecule has 2 aromatic carbocycles. The van der Waals surface area contributed by atoms with E-state index in [9.17, 15) is 5.11 Å². The third-order valence-electron chi connectivity index (χ3n) is 3.85. The van der Waals surface area contributed by atoms with Crippen LogP contribution in [0.3, 0.4) is 0 Å². The average Bonchev–Trinajstić information content (AvgIpc) is 2.36. The quantitative estimate of drug-likeness (QED) is 0.876. The van der Waals surface area contributed by atoms with Gasteiger partial charge in [0.05, 0.1) is 5.60 Å². The molecular weight excluding hydrogens is 234 g/mol. The van der Waals surface area contributed by atoms with E-state index in [1.807, 2.05) is 20.8 Å². The van der Waals surface area contributed by atoms with Gasteiger partial charge in [0.25, 0.3) is 0 Å². The zero-order valence-electron chi connectivity index (χ0n) is 12.1. The molecular formula is C17H23NO. The third-order valence-corrected chi connectivity index (χ3v) is 3.85. The normalized spacial score (nSPS) is 15.4. The van der Waals surface area contributed by atoms with Gasteiger partial charge in [-0.25, -0.2) is 0 Å². The van der Waals surface area contributed by atoms with Gasteiger partial charge in [-0.15, -0.1) is 0 Å². The van der Waals surface area contributed by atoms with Crippen LogP contribution >= 0.6 is 0 Å². The molecule has 2 aromatic rings. The summed E-state index contributed by atoms with van der Waals surface area (Å²) in [5.41, 5.74) is 0.549. The van der Waals surface area contributed by atoms with Gasteiger partial charge in [0.2, 0.25) is 0 Å². The van der Waals surface area contributed by atoms with E-state index in [-0.39, 0.29) is 12.1 Å². The van der Waals surface area contributed by atoms with Crippen molar-refractivity contribution in [2.45, 2.75) is 45.4 Å². The number of aliphatic hydroxyl groups is 1. The molecule has 0 saturated carbocycles. The molecule has 0 saturated heterocycles. The van der Waals surface area contributed by atoms with Crippen LogP contribution in [0, 0.1) is 0 Å². The zero-order chi connectivity index (χ0) is 14.0. The molecule has 0 amide bonds. The summed E-state index contributed by atoms with van der Waals surface area (Å²) in [4.78, 5) is 0. The first-order valence-corrected chi connectivity index (χ1v) is 6.85. The predicted octanol–water partition coefficient (Wildman–Crippen LogP) is 3.65. The van der Waals surface area contributed by atoms with E-state index < -0.39 is 5.60 Å². The van der Waals surface area contributed by atoms with Gasteiger partial charge in [-0.3, -0.25) is 0 Å². The molecule has 0 heterocycles. The lowest BCUT2D eigenvalue weighted by Gasteiger charge is -2.30. The topological polar surface area (TPSA) is 32.3 Å². The molecule has 0 aliphatic carbocycles. The Morgan fingerprint density at radius 3 is 2.32 bits per heavy atom. The van der Waals surface area contributed by atoms with E-state index in [0.717, 1.165) is 0 Å². The summed E-state index contributed by atoms with van der Waals surface area (Å²) in [5, 5.41) is 16.0. The monoisotopic (exact) mass is 257 g/mol. The summed E-state index contributed by atoms with van der Waals surface area (Å²) in [6, 6.07) is 15.0. The van der Waals surface area contributed by atoms with Crippen molar-refractivity contribution in [3.8, 4) is 0 Å². The zero-order valence-corrected chi connectivity index (χ0v) is 12.1. The van der Waals surface area contributed by atoms with Crippen molar-refractivity contribution < 1.29 is 5.11 Å². The van der Waals surface area contributed by atoms with Gasteiger partial charge in [-0.05, 0) is 44.0 Å². The molecule has 0 radical (unpaired) electrons. The highest BCUT2D eigenvalue weighted by atomic mass is 16.3. The lowest BCUT2D eigenvalue weighted by atomic mass is 9.96. The van der Waals surface area contributed by atoms with Crippen molar-refractivity contribution in [2.75, 3.05) is 0 Å². The first kappa shape index (κ1) is 14.0. The van der Waals surface area contributed by atoms with Crippen LogP contribution in [0.2, 0.25) is 0 Å². The number of hydrogen-bond donors (Lipinski definition) is 2. The summed E-state index contributed by atoms with van der Waals surface area (Å²) in [5.74, 6) is 0. The number of rotatable bonds is 4. The Morgan fingerprint density at radius 1 is 1.00 bits per heavy atom. The van der Waals surface area contributed by atoms with Gasteiger partial charge >= 0.3 is 0 Å². The van der Waals surface area contributed by atoms with Gasteiger partial charge < -0.3 is 10.4 Å². The van der Waals surface area contributed by atoms with Crippen LogP contribution in [-0.4, -0.2) is 16.7 Å². The summed E-state index contributed by atoms with van der Waals surface area (Å²) in [6.45, 7) is 7.83. The molecule has 0 fully saturated rings. The third kappa shape index (κ3) is 3.14. The molecule has 2 unspecified atom stereocenters. The van der Waals surface area contributed by atoms with Gasteiger partial charge in [0.15, 0.2) is 0 Å². The van der Waals surface area contributed by atoms with Crippen molar-refractivity contribution in [3.05, 3.63) is 48.0 Å². The molecule has 19 heavy (non-hydrogen) atoms. The minimum absolute atomic E-state index is 0.0291. The van der Waals surface area contributed by atoms with Crippen LogP contribution in [0.25, 0.3) is 10.8 Å². The van der Waals surface area contributed by atoms with Gasteiger partial charge in [0.1, 0.15) is 0 Å². The fourth-order valence-corrected chi connectivity index (χ4v) is 2.30. The van der Waals surface area contributed by atoms with Crippen LogP contribution in [0.15, 0.2) is 42.5 Å². The SMILES string of the molecule is CC(NC(C)C(C)(C)O)c1cccc2ccccc12. The van der Waals surface area contributed by atoms with E-state index in [0.29, 0.717) is 0 Å². The van der Waals surface area contributed by atoms with Gasteiger partial charge in [0, 0.05) is 12.1 Å². The predicted molar refractivity (Wildman–Crippen MR) is 81.3 cm³/mol. The Hall–Kier alpha value is -1.38. The molecule has 2 atom stereocenters. The maximum Gasteiger partial charge on any atom is 0.0741 e. The number of nitrogens with one attached hydrogen (secondary N) is 1. The van der Waals surface area contributed by atoms with E-state index in [4.69, 9.17) is 0 Å².